The highest BCUT2D eigenvalue weighted by molar-refractivity contribution is 5.80. The van der Waals surface area contributed by atoms with Gasteiger partial charge in [-0.1, -0.05) is 6.58 Å². The van der Waals surface area contributed by atoms with E-state index in [0.717, 1.165) is 6.08 Å². The van der Waals surface area contributed by atoms with Crippen molar-refractivity contribution in [2.75, 3.05) is 7.11 Å². The molecule has 0 aliphatic carbocycles. The van der Waals surface area contributed by atoms with Crippen molar-refractivity contribution >= 4 is 5.97 Å². The maximum Gasteiger partial charge on any atom is 0.348 e. The molecule has 4 nitrogen and oxygen atoms in total. The Morgan fingerprint density at radius 1 is 1.80 bits per heavy atom. The lowest BCUT2D eigenvalue weighted by Crippen LogP contribution is -2.29. The Kier molecular flexibility index (Phi) is 4.53. The first kappa shape index (κ1) is 9.13. The number of hydrogen-bond donors (Lipinski definition) is 1. The number of carbonyl (C=O) groups excluding carboxylic acids is 1. The summed E-state index contributed by atoms with van der Waals surface area (Å²) < 4.78 is 4.72. The largest absolute Gasteiger partial charge is 0.365 e. The lowest BCUT2D eigenvalue weighted by Gasteiger charge is -2.09. The summed E-state index contributed by atoms with van der Waals surface area (Å²) in [6, 6.07) is 0. The maximum atomic E-state index is 10.4. The third kappa shape index (κ3) is 4.05. The van der Waals surface area contributed by atoms with E-state index in [-0.39, 0.29) is 6.23 Å². The third-order valence-electron chi connectivity index (χ3n) is 0.846. The molecule has 0 saturated carbocycles. The molecule has 10 heavy (non-hydrogen) atoms. The lowest BCUT2D eigenvalue weighted by atomic mass is 10.7. The second kappa shape index (κ2) is 4.96. The number of nitrogens with one attached hydrogen (secondary N) is 1. The van der Waals surface area contributed by atoms with Crippen LogP contribution in [0.1, 0.15) is 6.92 Å². The number of hydroxylamine groups is 1. The predicted molar refractivity (Wildman–Crippen MR) is 35.9 cm³/mol. The minimum atomic E-state index is -0.524. The van der Waals surface area contributed by atoms with E-state index < -0.39 is 5.97 Å². The summed E-state index contributed by atoms with van der Waals surface area (Å²) >= 11 is 0. The van der Waals surface area contributed by atoms with E-state index in [1.54, 1.807) is 6.92 Å². The van der Waals surface area contributed by atoms with Crippen molar-refractivity contribution in [3.63, 3.8) is 0 Å². The number of hydrogen-bond acceptors (Lipinski definition) is 4. The first-order valence-corrected chi connectivity index (χ1v) is 2.82. The van der Waals surface area contributed by atoms with E-state index in [2.05, 4.69) is 16.9 Å². The molecule has 0 bridgehead atoms. The normalized spacial score (nSPS) is 12.2. The van der Waals surface area contributed by atoms with Crippen molar-refractivity contribution in [3.05, 3.63) is 12.7 Å². The van der Waals surface area contributed by atoms with Gasteiger partial charge in [-0.05, 0) is 6.92 Å². The van der Waals surface area contributed by atoms with Gasteiger partial charge >= 0.3 is 5.97 Å². The van der Waals surface area contributed by atoms with Crippen LogP contribution in [0.4, 0.5) is 0 Å². The van der Waals surface area contributed by atoms with Crippen molar-refractivity contribution in [2.24, 2.45) is 0 Å². The summed E-state index contributed by atoms with van der Waals surface area (Å²) in [4.78, 5) is 14.8. The Balaban J connectivity index is 3.34. The molecule has 4 heteroatoms. The first-order chi connectivity index (χ1) is 4.70. The quantitative estimate of drug-likeness (QED) is 0.349. The van der Waals surface area contributed by atoms with Gasteiger partial charge in [0.25, 0.3) is 0 Å². The van der Waals surface area contributed by atoms with Crippen LogP contribution in [-0.4, -0.2) is 19.3 Å². The minimum absolute atomic E-state index is 0.302. The van der Waals surface area contributed by atoms with Crippen LogP contribution in [0.3, 0.4) is 0 Å². The molecule has 0 rings (SSSR count). The molecule has 0 radical (unpaired) electrons. The summed E-state index contributed by atoms with van der Waals surface area (Å²) in [6.07, 6.45) is 0.763. The van der Waals surface area contributed by atoms with Crippen LogP contribution >= 0.6 is 0 Å². The Morgan fingerprint density at radius 2 is 2.40 bits per heavy atom. The number of carbonyl (C=O) groups is 1. The third-order valence-corrected chi connectivity index (χ3v) is 0.846. The van der Waals surface area contributed by atoms with E-state index >= 15 is 0 Å². The molecule has 58 valence electrons. The molecule has 0 spiro atoms. The Hall–Kier alpha value is -0.870. The topological polar surface area (TPSA) is 47.6 Å². The van der Waals surface area contributed by atoms with E-state index in [1.807, 2.05) is 0 Å². The van der Waals surface area contributed by atoms with Gasteiger partial charge < -0.3 is 9.57 Å². The van der Waals surface area contributed by atoms with Gasteiger partial charge in [-0.25, -0.2) is 4.79 Å². The van der Waals surface area contributed by atoms with E-state index in [1.165, 1.54) is 7.11 Å². The summed E-state index contributed by atoms with van der Waals surface area (Å²) in [5.74, 6) is -0.524. The molecule has 1 unspecified atom stereocenters. The van der Waals surface area contributed by atoms with E-state index in [9.17, 15) is 4.79 Å². The average molecular weight is 145 g/mol. The van der Waals surface area contributed by atoms with E-state index in [4.69, 9.17) is 4.74 Å². The molecule has 0 heterocycles. The lowest BCUT2D eigenvalue weighted by molar-refractivity contribution is -0.153. The molecule has 0 aliphatic rings. The van der Waals surface area contributed by atoms with Gasteiger partial charge in [0.2, 0.25) is 0 Å². The van der Waals surface area contributed by atoms with Gasteiger partial charge in [-0.2, -0.15) is 0 Å². The average Bonchev–Trinajstić information content (AvgIpc) is 1.99. The van der Waals surface area contributed by atoms with Gasteiger partial charge in [0.1, 0.15) is 6.23 Å². The maximum absolute atomic E-state index is 10.4. The van der Waals surface area contributed by atoms with Crippen LogP contribution in [0.5, 0.6) is 0 Å². The second-order valence-electron chi connectivity index (χ2n) is 1.62. The van der Waals surface area contributed by atoms with Gasteiger partial charge in [0.15, 0.2) is 0 Å². The SMILES string of the molecule is C=CC(=O)ONC(C)OC. The number of rotatable bonds is 4. The molecule has 0 aromatic heterocycles. The first-order valence-electron chi connectivity index (χ1n) is 2.82. The fourth-order valence-corrected chi connectivity index (χ4v) is 0.231. The van der Waals surface area contributed by atoms with Crippen molar-refractivity contribution in [1.82, 2.24) is 5.48 Å². The molecule has 0 fully saturated rings. The van der Waals surface area contributed by atoms with Gasteiger partial charge in [-0.15, -0.1) is 5.48 Å². The molecule has 0 aromatic rings. The second-order valence-corrected chi connectivity index (χ2v) is 1.62. The van der Waals surface area contributed by atoms with Crippen LogP contribution in [-0.2, 0) is 14.4 Å². The molecule has 1 N–H and O–H groups in total. The highest BCUT2D eigenvalue weighted by atomic mass is 16.7. The highest BCUT2D eigenvalue weighted by Crippen LogP contribution is 1.81. The molecular weight excluding hydrogens is 134 g/mol. The minimum Gasteiger partial charge on any atom is -0.365 e. The molecule has 0 aliphatic heterocycles. The van der Waals surface area contributed by atoms with Gasteiger partial charge in [0, 0.05) is 13.2 Å². The van der Waals surface area contributed by atoms with Crippen LogP contribution < -0.4 is 5.48 Å². The van der Waals surface area contributed by atoms with Crippen molar-refractivity contribution in [1.29, 1.82) is 0 Å². The highest BCUT2D eigenvalue weighted by Gasteiger charge is 1.99. The summed E-state index contributed by atoms with van der Waals surface area (Å²) in [5, 5.41) is 0. The molecule has 0 saturated heterocycles. The van der Waals surface area contributed by atoms with Crippen molar-refractivity contribution in [3.8, 4) is 0 Å². The zero-order valence-electron chi connectivity index (χ0n) is 6.09. The van der Waals surface area contributed by atoms with Crippen molar-refractivity contribution in [2.45, 2.75) is 13.2 Å². The Morgan fingerprint density at radius 3 is 2.80 bits per heavy atom. The standard InChI is InChI=1S/C6H11NO3/c1-4-6(8)10-7-5(2)9-3/h4-5,7H,1H2,2-3H3. The summed E-state index contributed by atoms with van der Waals surface area (Å²) in [5.41, 5.74) is 2.34. The van der Waals surface area contributed by atoms with E-state index in [0.29, 0.717) is 0 Å². The van der Waals surface area contributed by atoms with Crippen LogP contribution in [0.15, 0.2) is 12.7 Å². The molecular formula is C6H11NO3. The fraction of sp³-hybridized carbons (Fsp3) is 0.500. The smallest absolute Gasteiger partial charge is 0.348 e. The molecule has 0 aromatic carbocycles. The van der Waals surface area contributed by atoms with Crippen LogP contribution in [0.2, 0.25) is 0 Å². The summed E-state index contributed by atoms with van der Waals surface area (Å²) in [7, 11) is 1.50. The van der Waals surface area contributed by atoms with Crippen LogP contribution in [0.25, 0.3) is 0 Å². The van der Waals surface area contributed by atoms with Gasteiger partial charge in [0.05, 0.1) is 0 Å². The summed E-state index contributed by atoms with van der Waals surface area (Å²) in [6.45, 7) is 4.91. The molecule has 1 atom stereocenters. The number of methoxy groups -OCH3 is 1. The Bertz CT molecular complexity index is 124. The molecule has 0 amide bonds. The Labute approximate surface area is 59.8 Å². The zero-order valence-corrected chi connectivity index (χ0v) is 6.09. The monoisotopic (exact) mass is 145 g/mol. The number of ether oxygens (including phenoxy) is 1. The predicted octanol–water partition coefficient (Wildman–Crippen LogP) is 0.213. The van der Waals surface area contributed by atoms with Crippen LogP contribution in [0, 0.1) is 0 Å². The zero-order chi connectivity index (χ0) is 7.98. The fourth-order valence-electron chi connectivity index (χ4n) is 0.231. The van der Waals surface area contributed by atoms with Gasteiger partial charge in [-0.3, -0.25) is 0 Å². The van der Waals surface area contributed by atoms with Crippen molar-refractivity contribution < 1.29 is 14.4 Å².